The van der Waals surface area contributed by atoms with E-state index in [1.807, 2.05) is 0 Å². The number of hydrogen-bond acceptors (Lipinski definition) is 3. The Morgan fingerprint density at radius 1 is 1.10 bits per heavy atom. The lowest BCUT2D eigenvalue weighted by Gasteiger charge is -2.10. The average molecular weight is 293 g/mol. The SMILES string of the molecule is COc1ccccc1C(=O)Nc1ccc(OC(F)F)cc1. The summed E-state index contributed by atoms with van der Waals surface area (Å²) in [6.45, 7) is -2.88. The molecular weight excluding hydrogens is 280 g/mol. The van der Waals surface area contributed by atoms with E-state index in [2.05, 4.69) is 10.1 Å². The monoisotopic (exact) mass is 293 g/mol. The van der Waals surface area contributed by atoms with E-state index < -0.39 is 6.61 Å². The molecule has 1 N–H and O–H groups in total. The van der Waals surface area contributed by atoms with Crippen LogP contribution in [0, 0.1) is 0 Å². The molecule has 0 aliphatic heterocycles. The Morgan fingerprint density at radius 3 is 2.38 bits per heavy atom. The summed E-state index contributed by atoms with van der Waals surface area (Å²) in [5.41, 5.74) is 0.848. The van der Waals surface area contributed by atoms with Crippen molar-refractivity contribution in [1.29, 1.82) is 0 Å². The summed E-state index contributed by atoms with van der Waals surface area (Å²) in [5.74, 6) is 0.128. The molecule has 4 nitrogen and oxygen atoms in total. The van der Waals surface area contributed by atoms with E-state index in [4.69, 9.17) is 4.74 Å². The number of methoxy groups -OCH3 is 1. The standard InChI is InChI=1S/C15H13F2NO3/c1-20-13-5-3-2-4-12(13)14(19)18-10-6-8-11(9-7-10)21-15(16)17/h2-9,15H,1H3,(H,18,19). The van der Waals surface area contributed by atoms with Gasteiger partial charge in [0.2, 0.25) is 0 Å². The van der Waals surface area contributed by atoms with Crippen molar-refractivity contribution in [1.82, 2.24) is 0 Å². The zero-order valence-corrected chi connectivity index (χ0v) is 11.2. The lowest BCUT2D eigenvalue weighted by molar-refractivity contribution is -0.0498. The maximum absolute atomic E-state index is 12.1. The molecular formula is C15H13F2NO3. The molecule has 0 radical (unpaired) electrons. The maximum Gasteiger partial charge on any atom is 0.387 e. The Balaban J connectivity index is 2.09. The van der Waals surface area contributed by atoms with Crippen LogP contribution in [0.25, 0.3) is 0 Å². The van der Waals surface area contributed by atoms with Crippen molar-refractivity contribution in [2.24, 2.45) is 0 Å². The molecule has 0 aliphatic rings. The number of carbonyl (C=O) groups is 1. The Hall–Kier alpha value is -2.63. The highest BCUT2D eigenvalue weighted by atomic mass is 19.3. The lowest BCUT2D eigenvalue weighted by Crippen LogP contribution is -2.13. The topological polar surface area (TPSA) is 47.6 Å². The van der Waals surface area contributed by atoms with Gasteiger partial charge in [-0.25, -0.2) is 0 Å². The molecule has 1 amide bonds. The van der Waals surface area contributed by atoms with E-state index in [0.717, 1.165) is 0 Å². The second-order valence-corrected chi connectivity index (χ2v) is 4.06. The minimum absolute atomic E-state index is 0.0280. The molecule has 2 aromatic rings. The van der Waals surface area contributed by atoms with Crippen molar-refractivity contribution in [3.8, 4) is 11.5 Å². The van der Waals surface area contributed by atoms with Gasteiger partial charge >= 0.3 is 6.61 Å². The number of alkyl halides is 2. The van der Waals surface area contributed by atoms with E-state index in [-0.39, 0.29) is 11.7 Å². The molecule has 0 aliphatic carbocycles. The van der Waals surface area contributed by atoms with Gasteiger partial charge in [0.1, 0.15) is 11.5 Å². The summed E-state index contributed by atoms with van der Waals surface area (Å²) < 4.78 is 33.4. The number of nitrogens with one attached hydrogen (secondary N) is 1. The van der Waals surface area contributed by atoms with Crippen molar-refractivity contribution in [2.75, 3.05) is 12.4 Å². The van der Waals surface area contributed by atoms with Crippen LogP contribution in [-0.4, -0.2) is 19.6 Å². The first kappa shape index (κ1) is 14.8. The Morgan fingerprint density at radius 2 is 1.76 bits per heavy atom. The number of ether oxygens (including phenoxy) is 2. The van der Waals surface area contributed by atoms with E-state index in [1.54, 1.807) is 24.3 Å². The van der Waals surface area contributed by atoms with Crippen molar-refractivity contribution < 1.29 is 23.0 Å². The Kier molecular flexibility index (Phi) is 4.71. The van der Waals surface area contributed by atoms with Crippen molar-refractivity contribution in [3.63, 3.8) is 0 Å². The summed E-state index contributed by atoms with van der Waals surface area (Å²) in [6.07, 6.45) is 0. The van der Waals surface area contributed by atoms with Crippen LogP contribution >= 0.6 is 0 Å². The third kappa shape index (κ3) is 3.92. The number of hydrogen-bond donors (Lipinski definition) is 1. The molecule has 0 atom stereocenters. The number of amides is 1. The Labute approximate surface area is 120 Å². The van der Waals surface area contributed by atoms with Gasteiger partial charge in [0.05, 0.1) is 12.7 Å². The van der Waals surface area contributed by atoms with Crippen molar-refractivity contribution in [2.45, 2.75) is 6.61 Å². The molecule has 0 saturated carbocycles. The molecule has 0 spiro atoms. The van der Waals surface area contributed by atoms with Crippen LogP contribution in [-0.2, 0) is 0 Å². The lowest BCUT2D eigenvalue weighted by atomic mass is 10.2. The largest absolute Gasteiger partial charge is 0.496 e. The molecule has 0 fully saturated rings. The zero-order chi connectivity index (χ0) is 15.2. The van der Waals surface area contributed by atoms with E-state index >= 15 is 0 Å². The van der Waals surface area contributed by atoms with E-state index in [0.29, 0.717) is 17.0 Å². The molecule has 0 unspecified atom stereocenters. The van der Waals surface area contributed by atoms with E-state index in [9.17, 15) is 13.6 Å². The van der Waals surface area contributed by atoms with Crippen molar-refractivity contribution >= 4 is 11.6 Å². The summed E-state index contributed by atoms with van der Waals surface area (Å²) in [6, 6.07) is 12.4. The van der Waals surface area contributed by atoms with Gasteiger partial charge in [0, 0.05) is 5.69 Å². The van der Waals surface area contributed by atoms with Gasteiger partial charge in [0.15, 0.2) is 0 Å². The van der Waals surface area contributed by atoms with Crippen LogP contribution in [0.1, 0.15) is 10.4 Å². The molecule has 2 aromatic carbocycles. The minimum atomic E-state index is -2.88. The first-order chi connectivity index (χ1) is 10.1. The molecule has 6 heteroatoms. The normalized spacial score (nSPS) is 10.3. The van der Waals surface area contributed by atoms with Crippen LogP contribution < -0.4 is 14.8 Å². The average Bonchev–Trinajstić information content (AvgIpc) is 2.48. The fourth-order valence-electron chi connectivity index (χ4n) is 1.75. The van der Waals surface area contributed by atoms with Crippen LogP contribution in [0.4, 0.5) is 14.5 Å². The smallest absolute Gasteiger partial charge is 0.387 e. The summed E-state index contributed by atoms with van der Waals surface area (Å²) in [7, 11) is 1.47. The first-order valence-electron chi connectivity index (χ1n) is 6.09. The van der Waals surface area contributed by atoms with Gasteiger partial charge in [0.25, 0.3) is 5.91 Å². The number of anilines is 1. The zero-order valence-electron chi connectivity index (χ0n) is 11.2. The number of carbonyl (C=O) groups excluding carboxylic acids is 1. The number of halogens is 2. The molecule has 0 saturated heterocycles. The fraction of sp³-hybridized carbons (Fsp3) is 0.133. The van der Waals surface area contributed by atoms with Gasteiger partial charge in [-0.2, -0.15) is 8.78 Å². The summed E-state index contributed by atoms with van der Waals surface area (Å²) in [4.78, 5) is 12.1. The van der Waals surface area contributed by atoms with Crippen LogP contribution in [0.2, 0.25) is 0 Å². The van der Waals surface area contributed by atoms with Gasteiger partial charge in [-0.05, 0) is 36.4 Å². The minimum Gasteiger partial charge on any atom is -0.496 e. The first-order valence-corrected chi connectivity index (χ1v) is 6.09. The third-order valence-corrected chi connectivity index (χ3v) is 2.69. The van der Waals surface area contributed by atoms with Gasteiger partial charge in [-0.3, -0.25) is 4.79 Å². The van der Waals surface area contributed by atoms with Crippen LogP contribution in [0.15, 0.2) is 48.5 Å². The quantitative estimate of drug-likeness (QED) is 0.917. The Bertz CT molecular complexity index is 615. The van der Waals surface area contributed by atoms with Gasteiger partial charge in [-0.1, -0.05) is 12.1 Å². The second kappa shape index (κ2) is 6.69. The highest BCUT2D eigenvalue weighted by molar-refractivity contribution is 6.06. The molecule has 21 heavy (non-hydrogen) atoms. The predicted molar refractivity (Wildman–Crippen MR) is 74.0 cm³/mol. The molecule has 0 bridgehead atoms. The number of para-hydroxylation sites is 1. The van der Waals surface area contributed by atoms with Gasteiger partial charge in [-0.15, -0.1) is 0 Å². The van der Waals surface area contributed by atoms with Crippen LogP contribution in [0.3, 0.4) is 0 Å². The second-order valence-electron chi connectivity index (χ2n) is 4.06. The summed E-state index contributed by atoms with van der Waals surface area (Å²) >= 11 is 0. The molecule has 2 rings (SSSR count). The highest BCUT2D eigenvalue weighted by Crippen LogP contribution is 2.21. The third-order valence-electron chi connectivity index (χ3n) is 2.69. The van der Waals surface area contributed by atoms with Gasteiger partial charge < -0.3 is 14.8 Å². The molecule has 0 heterocycles. The van der Waals surface area contributed by atoms with E-state index in [1.165, 1.54) is 31.4 Å². The van der Waals surface area contributed by atoms with Crippen LogP contribution in [0.5, 0.6) is 11.5 Å². The van der Waals surface area contributed by atoms with Crippen molar-refractivity contribution in [3.05, 3.63) is 54.1 Å². The highest BCUT2D eigenvalue weighted by Gasteiger charge is 2.11. The number of rotatable bonds is 5. The predicted octanol–water partition coefficient (Wildman–Crippen LogP) is 3.55. The molecule has 110 valence electrons. The fourth-order valence-corrected chi connectivity index (χ4v) is 1.75. The molecule has 0 aromatic heterocycles. The maximum atomic E-state index is 12.1. The number of benzene rings is 2. The summed E-state index contributed by atoms with van der Waals surface area (Å²) in [5, 5.41) is 2.65.